The topological polar surface area (TPSA) is 114 Å². The Morgan fingerprint density at radius 1 is 1.22 bits per heavy atom. The van der Waals surface area contributed by atoms with Gasteiger partial charge in [-0.15, -0.1) is 0 Å². The van der Waals surface area contributed by atoms with Crippen LogP contribution in [0.3, 0.4) is 0 Å². The first-order valence-electron chi connectivity index (χ1n) is 6.26. The van der Waals surface area contributed by atoms with Crippen LogP contribution in [0.4, 0.5) is 10.8 Å². The van der Waals surface area contributed by atoms with Gasteiger partial charge in [-0.25, -0.2) is 18.2 Å². The standard InChI is InChI=1S/C13H13N3O5S2/c1-8(17)15-13-14-7-11(22-13)23(19,20)16-10-5-3-9(4-6-10)12(18)21-2/h3-7,16H,1-2H3,(H,14,15,17). The van der Waals surface area contributed by atoms with Crippen molar-refractivity contribution in [2.75, 3.05) is 17.1 Å². The molecule has 10 heteroatoms. The van der Waals surface area contributed by atoms with Crippen molar-refractivity contribution in [3.63, 3.8) is 0 Å². The molecule has 0 unspecified atom stereocenters. The minimum absolute atomic E-state index is 0.0432. The number of hydrogen-bond acceptors (Lipinski definition) is 7. The molecule has 0 bridgehead atoms. The monoisotopic (exact) mass is 355 g/mol. The Hall–Kier alpha value is -2.46. The number of carbonyl (C=O) groups excluding carboxylic acids is 2. The summed E-state index contributed by atoms with van der Waals surface area (Å²) in [6, 6.07) is 5.78. The van der Waals surface area contributed by atoms with Gasteiger partial charge in [0.1, 0.15) is 0 Å². The van der Waals surface area contributed by atoms with Crippen molar-refractivity contribution in [1.82, 2.24) is 4.98 Å². The molecule has 2 N–H and O–H groups in total. The predicted octanol–water partition coefficient (Wildman–Crippen LogP) is 1.69. The van der Waals surface area contributed by atoms with E-state index in [4.69, 9.17) is 0 Å². The van der Waals surface area contributed by atoms with Crippen molar-refractivity contribution in [3.05, 3.63) is 36.0 Å². The summed E-state index contributed by atoms with van der Waals surface area (Å²) in [4.78, 5) is 26.1. The van der Waals surface area contributed by atoms with Crippen LogP contribution < -0.4 is 10.0 Å². The fraction of sp³-hybridized carbons (Fsp3) is 0.154. The van der Waals surface area contributed by atoms with Crippen molar-refractivity contribution in [3.8, 4) is 0 Å². The van der Waals surface area contributed by atoms with Crippen LogP contribution in [0, 0.1) is 0 Å². The molecule has 1 aromatic carbocycles. The summed E-state index contributed by atoms with van der Waals surface area (Å²) in [5, 5.41) is 2.61. The lowest BCUT2D eigenvalue weighted by Gasteiger charge is -2.06. The van der Waals surface area contributed by atoms with Gasteiger partial charge in [-0.1, -0.05) is 11.3 Å². The largest absolute Gasteiger partial charge is 0.465 e. The molecule has 2 rings (SSSR count). The summed E-state index contributed by atoms with van der Waals surface area (Å²) in [7, 11) is -2.57. The second-order valence-corrected chi connectivity index (χ2v) is 7.28. The van der Waals surface area contributed by atoms with E-state index in [9.17, 15) is 18.0 Å². The molecular weight excluding hydrogens is 342 g/mol. The van der Waals surface area contributed by atoms with Crippen molar-refractivity contribution >= 4 is 44.1 Å². The van der Waals surface area contributed by atoms with Gasteiger partial charge in [-0.2, -0.15) is 0 Å². The van der Waals surface area contributed by atoms with Gasteiger partial charge in [0.15, 0.2) is 9.34 Å². The average Bonchev–Trinajstić information content (AvgIpc) is 2.95. The summed E-state index contributed by atoms with van der Waals surface area (Å²) < 4.78 is 31.3. The van der Waals surface area contributed by atoms with Crippen LogP contribution in [0.25, 0.3) is 0 Å². The van der Waals surface area contributed by atoms with Crippen molar-refractivity contribution in [2.24, 2.45) is 0 Å². The van der Waals surface area contributed by atoms with Crippen LogP contribution in [-0.4, -0.2) is 32.4 Å². The van der Waals surface area contributed by atoms with Crippen LogP contribution >= 0.6 is 11.3 Å². The first-order chi connectivity index (χ1) is 10.8. The molecule has 8 nitrogen and oxygen atoms in total. The van der Waals surface area contributed by atoms with Gasteiger partial charge in [0.05, 0.1) is 18.9 Å². The Bertz CT molecular complexity index is 828. The predicted molar refractivity (Wildman–Crippen MR) is 85.0 cm³/mol. The van der Waals surface area contributed by atoms with Gasteiger partial charge >= 0.3 is 5.97 Å². The number of benzene rings is 1. The zero-order chi connectivity index (χ0) is 17.0. The van der Waals surface area contributed by atoms with Gasteiger partial charge in [0.2, 0.25) is 5.91 Å². The summed E-state index contributed by atoms with van der Waals surface area (Å²) in [6.45, 7) is 1.30. The molecule has 0 saturated heterocycles. The molecule has 1 aromatic heterocycles. The molecule has 0 radical (unpaired) electrons. The number of carbonyl (C=O) groups is 2. The zero-order valence-corrected chi connectivity index (χ0v) is 13.8. The number of nitrogens with zero attached hydrogens (tertiary/aromatic N) is 1. The van der Waals surface area contributed by atoms with Crippen molar-refractivity contribution in [2.45, 2.75) is 11.1 Å². The van der Waals surface area contributed by atoms with Gasteiger partial charge in [-0.05, 0) is 24.3 Å². The van der Waals surface area contributed by atoms with Gasteiger partial charge in [0, 0.05) is 12.6 Å². The van der Waals surface area contributed by atoms with E-state index < -0.39 is 16.0 Å². The van der Waals surface area contributed by atoms with Gasteiger partial charge in [-0.3, -0.25) is 9.52 Å². The van der Waals surface area contributed by atoms with E-state index in [1.165, 1.54) is 38.3 Å². The van der Waals surface area contributed by atoms with Crippen LogP contribution in [0.5, 0.6) is 0 Å². The lowest BCUT2D eigenvalue weighted by Crippen LogP contribution is -2.11. The summed E-state index contributed by atoms with van der Waals surface area (Å²) >= 11 is 0.831. The van der Waals surface area contributed by atoms with E-state index in [1.807, 2.05) is 0 Å². The maximum Gasteiger partial charge on any atom is 0.337 e. The molecular formula is C13H13N3O5S2. The number of nitrogens with one attached hydrogen (secondary N) is 2. The molecule has 0 aliphatic rings. The molecule has 0 aliphatic heterocycles. The molecule has 0 fully saturated rings. The second-order valence-electron chi connectivity index (χ2n) is 4.34. The summed E-state index contributed by atoms with van der Waals surface area (Å²) in [5.41, 5.74) is 0.591. The van der Waals surface area contributed by atoms with Gasteiger partial charge < -0.3 is 10.1 Å². The average molecular weight is 355 g/mol. The molecule has 2 aromatic rings. The highest BCUT2D eigenvalue weighted by molar-refractivity contribution is 7.94. The number of aromatic nitrogens is 1. The number of methoxy groups -OCH3 is 1. The Labute approximate surface area is 136 Å². The van der Waals surface area contributed by atoms with Crippen molar-refractivity contribution in [1.29, 1.82) is 0 Å². The Morgan fingerprint density at radius 2 is 1.87 bits per heavy atom. The molecule has 0 spiro atoms. The van der Waals surface area contributed by atoms with Crippen LogP contribution in [-0.2, 0) is 19.6 Å². The number of hydrogen-bond donors (Lipinski definition) is 2. The Balaban J connectivity index is 2.16. The third kappa shape index (κ3) is 4.27. The minimum atomic E-state index is -3.83. The zero-order valence-electron chi connectivity index (χ0n) is 12.2. The highest BCUT2D eigenvalue weighted by Gasteiger charge is 2.18. The molecule has 1 amide bonds. The molecule has 23 heavy (non-hydrogen) atoms. The molecule has 0 atom stereocenters. The van der Waals surface area contributed by atoms with E-state index in [1.54, 1.807) is 0 Å². The van der Waals surface area contributed by atoms with E-state index in [0.29, 0.717) is 5.56 Å². The number of esters is 1. The number of amides is 1. The maximum atomic E-state index is 12.2. The number of rotatable bonds is 5. The minimum Gasteiger partial charge on any atom is -0.465 e. The maximum absolute atomic E-state index is 12.2. The van der Waals surface area contributed by atoms with Crippen LogP contribution in [0.15, 0.2) is 34.7 Å². The highest BCUT2D eigenvalue weighted by atomic mass is 32.2. The van der Waals surface area contributed by atoms with E-state index in [2.05, 4.69) is 19.8 Å². The number of anilines is 2. The first-order valence-corrected chi connectivity index (χ1v) is 8.56. The number of thiazole rings is 1. The third-order valence-electron chi connectivity index (χ3n) is 2.59. The third-order valence-corrected chi connectivity index (χ3v) is 5.35. The van der Waals surface area contributed by atoms with Gasteiger partial charge in [0.25, 0.3) is 10.0 Å². The normalized spacial score (nSPS) is 10.9. The Kier molecular flexibility index (Phi) is 4.96. The fourth-order valence-corrected chi connectivity index (χ4v) is 3.72. The van der Waals surface area contributed by atoms with E-state index in [0.717, 1.165) is 17.5 Å². The fourth-order valence-electron chi connectivity index (χ4n) is 1.59. The lowest BCUT2D eigenvalue weighted by molar-refractivity contribution is -0.114. The smallest absolute Gasteiger partial charge is 0.337 e. The molecule has 1 heterocycles. The van der Waals surface area contributed by atoms with Crippen LogP contribution in [0.1, 0.15) is 17.3 Å². The van der Waals surface area contributed by atoms with Crippen LogP contribution in [0.2, 0.25) is 0 Å². The SMILES string of the molecule is COC(=O)c1ccc(NS(=O)(=O)c2cnc(NC(C)=O)s2)cc1. The second kappa shape index (κ2) is 6.75. The molecule has 122 valence electrons. The number of sulfonamides is 1. The summed E-state index contributed by atoms with van der Waals surface area (Å²) in [6.07, 6.45) is 1.15. The summed E-state index contributed by atoms with van der Waals surface area (Å²) in [5.74, 6) is -0.850. The number of ether oxygens (including phenoxy) is 1. The van der Waals surface area contributed by atoms with Crippen molar-refractivity contribution < 1.29 is 22.7 Å². The Morgan fingerprint density at radius 3 is 2.43 bits per heavy atom. The molecule has 0 aliphatic carbocycles. The quantitative estimate of drug-likeness (QED) is 0.789. The first kappa shape index (κ1) is 16.9. The van der Waals surface area contributed by atoms with E-state index >= 15 is 0 Å². The lowest BCUT2D eigenvalue weighted by atomic mass is 10.2. The highest BCUT2D eigenvalue weighted by Crippen LogP contribution is 2.25. The molecule has 0 saturated carbocycles. The van der Waals surface area contributed by atoms with E-state index in [-0.39, 0.29) is 20.9 Å².